The number of nitrogens with zero attached hydrogens (tertiary/aromatic N) is 4. The molecule has 2 fully saturated rings. The van der Waals surface area contributed by atoms with Crippen molar-refractivity contribution in [1.29, 1.82) is 0 Å². The predicted molar refractivity (Wildman–Crippen MR) is 138 cm³/mol. The molecule has 1 saturated heterocycles. The second-order valence-electron chi connectivity index (χ2n) is 11.7. The lowest BCUT2D eigenvalue weighted by atomic mass is 9.67. The molecule has 214 valence electrons. The number of thioether (sulfide) groups is 1. The fourth-order valence-corrected chi connectivity index (χ4v) is 7.46. The monoisotopic (exact) mass is 594 g/mol. The summed E-state index contributed by atoms with van der Waals surface area (Å²) in [5, 5.41) is -0.495. The summed E-state index contributed by atoms with van der Waals surface area (Å²) in [6.07, 6.45) is -6.25. The van der Waals surface area contributed by atoms with Gasteiger partial charge in [-0.1, -0.05) is 11.6 Å². The third kappa shape index (κ3) is 5.16. The number of halogens is 6. The molecule has 0 bridgehead atoms. The van der Waals surface area contributed by atoms with Crippen molar-refractivity contribution < 1.29 is 31.5 Å². The highest BCUT2D eigenvalue weighted by molar-refractivity contribution is 7.99. The van der Waals surface area contributed by atoms with Crippen molar-refractivity contribution >= 4 is 46.2 Å². The molecule has 14 heteroatoms. The van der Waals surface area contributed by atoms with Crippen molar-refractivity contribution in [3.05, 3.63) is 27.1 Å². The van der Waals surface area contributed by atoms with E-state index in [2.05, 4.69) is 4.98 Å². The van der Waals surface area contributed by atoms with Gasteiger partial charge in [0.2, 0.25) is 5.92 Å². The zero-order valence-electron chi connectivity index (χ0n) is 21.8. The van der Waals surface area contributed by atoms with Gasteiger partial charge >= 0.3 is 18.0 Å². The highest BCUT2D eigenvalue weighted by Crippen LogP contribution is 2.58. The standard InChI is InChI=1S/C25H28ClF5N4O3S/c1-13-8-33(21(37)38-22(2,3)4)5-6-34(13)19-14-7-15(25(29,30)31)16(26)18-17(14)35(20(36)32-19)11-23(12-39-18)9-24(27,28)10-23/h7,13H,5-6,8-12H2,1-4H3/t13-/m0/s1. The lowest BCUT2D eigenvalue weighted by molar-refractivity contribution is -0.156. The van der Waals surface area contributed by atoms with E-state index in [-0.39, 0.29) is 53.5 Å². The van der Waals surface area contributed by atoms with Crippen LogP contribution < -0.4 is 10.6 Å². The van der Waals surface area contributed by atoms with Crippen molar-refractivity contribution in [1.82, 2.24) is 14.5 Å². The topological polar surface area (TPSA) is 67.7 Å². The van der Waals surface area contributed by atoms with E-state index in [0.717, 1.165) is 17.8 Å². The van der Waals surface area contributed by atoms with Crippen LogP contribution in [0.4, 0.5) is 32.6 Å². The molecule has 3 aliphatic rings. The molecule has 5 rings (SSSR count). The van der Waals surface area contributed by atoms with Gasteiger partial charge in [0.15, 0.2) is 0 Å². The zero-order chi connectivity index (χ0) is 28.7. The molecule has 1 atom stereocenters. The highest BCUT2D eigenvalue weighted by atomic mass is 35.5. The number of ether oxygens (including phenoxy) is 1. The summed E-state index contributed by atoms with van der Waals surface area (Å²) in [5.41, 5.74) is -3.31. The van der Waals surface area contributed by atoms with Gasteiger partial charge in [-0.3, -0.25) is 4.57 Å². The zero-order valence-corrected chi connectivity index (χ0v) is 23.4. The quantitative estimate of drug-likeness (QED) is 0.375. The fourth-order valence-electron chi connectivity index (χ4n) is 5.70. The fraction of sp³-hybridized carbons (Fsp3) is 0.640. The molecular weight excluding hydrogens is 567 g/mol. The van der Waals surface area contributed by atoms with Crippen LogP contribution in [-0.2, 0) is 17.5 Å². The van der Waals surface area contributed by atoms with Crippen molar-refractivity contribution in [3.63, 3.8) is 0 Å². The van der Waals surface area contributed by atoms with Gasteiger partial charge in [0.1, 0.15) is 11.4 Å². The molecule has 1 aromatic carbocycles. The average molecular weight is 595 g/mol. The summed E-state index contributed by atoms with van der Waals surface area (Å²) >= 11 is 7.27. The van der Waals surface area contributed by atoms with E-state index in [1.807, 2.05) is 0 Å². The Morgan fingerprint density at radius 1 is 1.21 bits per heavy atom. The minimum Gasteiger partial charge on any atom is -0.444 e. The first kappa shape index (κ1) is 28.3. The first-order chi connectivity index (χ1) is 17.9. The Morgan fingerprint density at radius 2 is 1.87 bits per heavy atom. The molecule has 0 radical (unpaired) electrons. The number of amides is 1. The van der Waals surface area contributed by atoms with Gasteiger partial charge in [0, 0.05) is 61.6 Å². The number of carbonyl (C=O) groups is 1. The van der Waals surface area contributed by atoms with Crippen LogP contribution in [0.3, 0.4) is 0 Å². The van der Waals surface area contributed by atoms with Gasteiger partial charge in [-0.25, -0.2) is 18.4 Å². The number of alkyl halides is 5. The molecule has 39 heavy (non-hydrogen) atoms. The summed E-state index contributed by atoms with van der Waals surface area (Å²) in [7, 11) is 0. The van der Waals surface area contributed by atoms with Crippen LogP contribution in [0, 0.1) is 5.41 Å². The van der Waals surface area contributed by atoms with Crippen molar-refractivity contribution in [2.75, 3.05) is 30.3 Å². The molecule has 0 unspecified atom stereocenters. The Labute approximate surface area is 230 Å². The van der Waals surface area contributed by atoms with Crippen LogP contribution in [-0.4, -0.2) is 63.5 Å². The Morgan fingerprint density at radius 3 is 2.44 bits per heavy atom. The Bertz CT molecular complexity index is 1400. The molecule has 1 aromatic heterocycles. The van der Waals surface area contributed by atoms with Gasteiger partial charge in [0.05, 0.1) is 21.0 Å². The van der Waals surface area contributed by atoms with Gasteiger partial charge in [0.25, 0.3) is 0 Å². The van der Waals surface area contributed by atoms with Crippen LogP contribution in [0.2, 0.25) is 5.02 Å². The molecule has 0 N–H and O–H groups in total. The lowest BCUT2D eigenvalue weighted by Crippen LogP contribution is -2.55. The average Bonchev–Trinajstić information content (AvgIpc) is 2.93. The first-order valence-electron chi connectivity index (χ1n) is 12.5. The molecule has 1 amide bonds. The largest absolute Gasteiger partial charge is 0.444 e. The number of benzene rings is 1. The number of hydrogen-bond donors (Lipinski definition) is 0. The normalized spacial score (nSPS) is 22.6. The van der Waals surface area contributed by atoms with Crippen LogP contribution in [0.25, 0.3) is 10.9 Å². The summed E-state index contributed by atoms with van der Waals surface area (Å²) in [4.78, 5) is 33.4. The minimum absolute atomic E-state index is 0.0365. The number of carbonyl (C=O) groups excluding carboxylic acids is 1. The molecule has 1 aliphatic carbocycles. The van der Waals surface area contributed by atoms with E-state index >= 15 is 0 Å². The highest BCUT2D eigenvalue weighted by Gasteiger charge is 2.57. The van der Waals surface area contributed by atoms with E-state index in [1.165, 1.54) is 9.47 Å². The number of aromatic nitrogens is 2. The summed E-state index contributed by atoms with van der Waals surface area (Å²) in [5.74, 6) is -2.75. The maximum absolute atomic E-state index is 14.1. The number of rotatable bonds is 1. The van der Waals surface area contributed by atoms with Crippen molar-refractivity contribution in [2.24, 2.45) is 5.41 Å². The predicted octanol–water partition coefficient (Wildman–Crippen LogP) is 6.04. The minimum atomic E-state index is -4.80. The second kappa shape index (κ2) is 9.12. The van der Waals surface area contributed by atoms with Gasteiger partial charge < -0.3 is 14.5 Å². The van der Waals surface area contributed by atoms with E-state index in [4.69, 9.17) is 16.3 Å². The molecular formula is C25H28ClF5N4O3S. The number of hydrogen-bond acceptors (Lipinski definition) is 6. The van der Waals surface area contributed by atoms with Crippen molar-refractivity contribution in [2.45, 2.75) is 75.7 Å². The van der Waals surface area contributed by atoms with Crippen LogP contribution in [0.15, 0.2) is 15.8 Å². The van der Waals surface area contributed by atoms with Gasteiger partial charge in [-0.2, -0.15) is 18.2 Å². The third-order valence-corrected chi connectivity index (χ3v) is 9.23. The van der Waals surface area contributed by atoms with E-state index in [0.29, 0.717) is 0 Å². The Kier molecular flexibility index (Phi) is 6.61. The van der Waals surface area contributed by atoms with Crippen LogP contribution in [0.1, 0.15) is 46.1 Å². The molecule has 2 aliphatic heterocycles. The number of anilines is 1. The number of piperazine rings is 1. The van der Waals surface area contributed by atoms with E-state index in [1.54, 1.807) is 32.6 Å². The van der Waals surface area contributed by atoms with Crippen LogP contribution >= 0.6 is 23.4 Å². The molecule has 7 nitrogen and oxygen atoms in total. The molecule has 1 saturated carbocycles. The summed E-state index contributed by atoms with van der Waals surface area (Å²) < 4.78 is 76.8. The smallest absolute Gasteiger partial charge is 0.417 e. The maximum Gasteiger partial charge on any atom is 0.417 e. The summed E-state index contributed by atoms with van der Waals surface area (Å²) in [6, 6.07) is 0.473. The van der Waals surface area contributed by atoms with Crippen LogP contribution in [0.5, 0.6) is 0 Å². The Hall–Kier alpha value is -2.28. The van der Waals surface area contributed by atoms with Gasteiger partial charge in [-0.15, -0.1) is 11.8 Å². The second-order valence-corrected chi connectivity index (χ2v) is 13.1. The van der Waals surface area contributed by atoms with E-state index < -0.39 is 64.4 Å². The Balaban J connectivity index is 1.61. The maximum atomic E-state index is 14.1. The third-order valence-electron chi connectivity index (χ3n) is 7.28. The lowest BCUT2D eigenvalue weighted by Gasteiger charge is -2.46. The molecule has 2 aromatic rings. The van der Waals surface area contributed by atoms with E-state index in [9.17, 15) is 31.5 Å². The van der Waals surface area contributed by atoms with Crippen molar-refractivity contribution in [3.8, 4) is 0 Å². The molecule has 1 spiro atoms. The SMILES string of the molecule is C[C@H]1CN(C(=O)OC(C)(C)C)CCN1c1nc(=O)n2c3c(c(Cl)c(C(F)(F)F)cc13)SCC1(C2)CC(F)(F)C1. The first-order valence-corrected chi connectivity index (χ1v) is 13.9. The van der Waals surface area contributed by atoms with Gasteiger partial charge in [-0.05, 0) is 33.8 Å². The molecule has 3 heterocycles. The summed E-state index contributed by atoms with van der Waals surface area (Å²) in [6.45, 7) is 7.51.